The number of nitrogens with zero attached hydrogens (tertiary/aromatic N) is 3. The van der Waals surface area contributed by atoms with Crippen LogP contribution in [0.2, 0.25) is 0 Å². The van der Waals surface area contributed by atoms with Gasteiger partial charge in [-0.2, -0.15) is 0 Å². The van der Waals surface area contributed by atoms with E-state index in [1.165, 1.54) is 16.3 Å². The Kier molecular flexibility index (Phi) is 4.93. The second kappa shape index (κ2) is 7.64. The van der Waals surface area contributed by atoms with Crippen molar-refractivity contribution in [1.82, 2.24) is 20.0 Å². The third-order valence-electron chi connectivity index (χ3n) is 6.99. The lowest BCUT2D eigenvalue weighted by Gasteiger charge is -2.35. The molecule has 0 radical (unpaired) electrons. The third-order valence-corrected chi connectivity index (χ3v) is 6.99. The zero-order valence-electron chi connectivity index (χ0n) is 17.8. The average molecular weight is 421 g/mol. The smallest absolute Gasteiger partial charge is 0.325 e. The predicted molar refractivity (Wildman–Crippen MR) is 117 cm³/mol. The fraction of sp³-hybridized carbons (Fsp3) is 0.458. The summed E-state index contributed by atoms with van der Waals surface area (Å²) in [6.45, 7) is 5.21. The lowest BCUT2D eigenvalue weighted by molar-refractivity contribution is -0.140. The molecule has 2 aromatic rings. The van der Waals surface area contributed by atoms with E-state index in [1.54, 1.807) is 11.8 Å². The Bertz CT molecular complexity index is 1040. The maximum Gasteiger partial charge on any atom is 0.325 e. The van der Waals surface area contributed by atoms with E-state index in [9.17, 15) is 14.4 Å². The molecule has 2 saturated heterocycles. The molecule has 1 atom stereocenters. The van der Waals surface area contributed by atoms with Crippen molar-refractivity contribution in [3.63, 3.8) is 0 Å². The van der Waals surface area contributed by atoms with Gasteiger partial charge in [0.1, 0.15) is 12.1 Å². The van der Waals surface area contributed by atoms with Crippen molar-refractivity contribution in [2.24, 2.45) is 5.92 Å². The Labute approximate surface area is 182 Å². The molecule has 7 nitrogen and oxygen atoms in total. The molecular weight excluding hydrogens is 392 g/mol. The van der Waals surface area contributed by atoms with Gasteiger partial charge >= 0.3 is 6.03 Å². The number of carbonyl (C=O) groups is 3. The van der Waals surface area contributed by atoms with Crippen LogP contribution in [0.25, 0.3) is 10.8 Å². The van der Waals surface area contributed by atoms with Gasteiger partial charge in [0.15, 0.2) is 0 Å². The number of rotatable bonds is 5. The molecule has 1 unspecified atom stereocenters. The number of urea groups is 1. The summed E-state index contributed by atoms with van der Waals surface area (Å²) in [6.07, 6.45) is 1.89. The van der Waals surface area contributed by atoms with Gasteiger partial charge in [-0.3, -0.25) is 19.4 Å². The molecular formula is C24H28N4O3. The fourth-order valence-corrected chi connectivity index (χ4v) is 4.86. The molecule has 31 heavy (non-hydrogen) atoms. The second-order valence-electron chi connectivity index (χ2n) is 9.09. The summed E-state index contributed by atoms with van der Waals surface area (Å²) in [7, 11) is 0. The number of fused-ring (bicyclic) bond motifs is 1. The Morgan fingerprint density at radius 1 is 1.03 bits per heavy atom. The molecule has 4 amide bonds. The molecule has 7 heteroatoms. The van der Waals surface area contributed by atoms with Gasteiger partial charge in [-0.1, -0.05) is 42.5 Å². The van der Waals surface area contributed by atoms with Crippen molar-refractivity contribution in [2.45, 2.75) is 31.8 Å². The van der Waals surface area contributed by atoms with Gasteiger partial charge in [-0.05, 0) is 42.0 Å². The van der Waals surface area contributed by atoms with E-state index in [4.69, 9.17) is 0 Å². The largest absolute Gasteiger partial charge is 0.339 e. The predicted octanol–water partition coefficient (Wildman–Crippen LogP) is 2.20. The number of nitrogens with one attached hydrogen (secondary N) is 1. The van der Waals surface area contributed by atoms with E-state index in [2.05, 4.69) is 52.7 Å². The first-order valence-corrected chi connectivity index (χ1v) is 11.1. The summed E-state index contributed by atoms with van der Waals surface area (Å²) in [5.41, 5.74) is 0.450. The summed E-state index contributed by atoms with van der Waals surface area (Å²) in [5, 5.41) is 5.31. The van der Waals surface area contributed by atoms with Crippen molar-refractivity contribution >= 4 is 28.6 Å². The summed E-state index contributed by atoms with van der Waals surface area (Å²) in [4.78, 5) is 43.1. The number of amides is 4. The molecule has 2 aromatic carbocycles. The highest BCUT2D eigenvalue weighted by atomic mass is 16.2. The van der Waals surface area contributed by atoms with Crippen molar-refractivity contribution < 1.29 is 14.4 Å². The average Bonchev–Trinajstić information content (AvgIpc) is 3.60. The number of piperazine rings is 1. The third kappa shape index (κ3) is 3.67. The van der Waals surface area contributed by atoms with E-state index in [1.807, 2.05) is 0 Å². The van der Waals surface area contributed by atoms with Crippen LogP contribution in [-0.4, -0.2) is 70.8 Å². The normalized spacial score (nSPS) is 24.7. The van der Waals surface area contributed by atoms with E-state index in [0.29, 0.717) is 13.1 Å². The first kappa shape index (κ1) is 20.0. The van der Waals surface area contributed by atoms with Crippen LogP contribution in [0.3, 0.4) is 0 Å². The zero-order chi connectivity index (χ0) is 21.6. The molecule has 162 valence electrons. The van der Waals surface area contributed by atoms with Crippen molar-refractivity contribution in [3.05, 3.63) is 48.0 Å². The summed E-state index contributed by atoms with van der Waals surface area (Å²) in [5.74, 6) is -0.224. The minimum absolute atomic E-state index is 0.159. The van der Waals surface area contributed by atoms with Gasteiger partial charge in [-0.15, -0.1) is 0 Å². The van der Waals surface area contributed by atoms with Gasteiger partial charge in [0.2, 0.25) is 5.91 Å². The first-order valence-electron chi connectivity index (χ1n) is 11.1. The van der Waals surface area contributed by atoms with Crippen LogP contribution < -0.4 is 5.32 Å². The Hall–Kier alpha value is -2.93. The molecule has 2 heterocycles. The molecule has 3 aliphatic rings. The summed E-state index contributed by atoms with van der Waals surface area (Å²) >= 11 is 0. The van der Waals surface area contributed by atoms with E-state index >= 15 is 0 Å². The topological polar surface area (TPSA) is 73.0 Å². The first-order chi connectivity index (χ1) is 15.0. The van der Waals surface area contributed by atoms with E-state index < -0.39 is 11.6 Å². The monoisotopic (exact) mass is 420 g/mol. The van der Waals surface area contributed by atoms with Crippen LogP contribution in [0.1, 0.15) is 25.3 Å². The Morgan fingerprint density at radius 2 is 1.74 bits per heavy atom. The van der Waals surface area contributed by atoms with Gasteiger partial charge < -0.3 is 10.2 Å². The van der Waals surface area contributed by atoms with E-state index in [-0.39, 0.29) is 24.3 Å². The van der Waals surface area contributed by atoms with Crippen LogP contribution in [-0.2, 0) is 16.1 Å². The molecule has 0 spiro atoms. The lowest BCUT2D eigenvalue weighted by Crippen LogP contribution is -2.52. The molecule has 1 saturated carbocycles. The van der Waals surface area contributed by atoms with Crippen molar-refractivity contribution in [1.29, 1.82) is 0 Å². The number of carbonyl (C=O) groups excluding carboxylic acids is 3. The SMILES string of the molecule is CC1(C2CC2)NC(=O)N(CC(=O)N2CCN(Cc3cccc4ccccc34)CC2)C1=O. The Morgan fingerprint density at radius 3 is 2.48 bits per heavy atom. The number of imide groups is 1. The molecule has 2 aliphatic heterocycles. The fourth-order valence-electron chi connectivity index (χ4n) is 4.86. The van der Waals surface area contributed by atoms with Gasteiger partial charge in [0.05, 0.1) is 0 Å². The Balaban J connectivity index is 1.17. The maximum absolute atomic E-state index is 12.8. The highest BCUT2D eigenvalue weighted by Gasteiger charge is 2.56. The molecule has 0 aromatic heterocycles. The second-order valence-corrected chi connectivity index (χ2v) is 9.09. The van der Waals surface area contributed by atoms with Crippen molar-refractivity contribution in [3.8, 4) is 0 Å². The molecule has 3 fully saturated rings. The number of hydrogen-bond donors (Lipinski definition) is 1. The van der Waals surface area contributed by atoms with Gasteiger partial charge in [0.25, 0.3) is 5.91 Å². The quantitative estimate of drug-likeness (QED) is 0.753. The van der Waals surface area contributed by atoms with Gasteiger partial charge in [0, 0.05) is 32.7 Å². The standard InChI is InChI=1S/C24H28N4O3/c1-24(19-9-10-19)22(30)28(23(31)25-24)16-21(29)27-13-11-26(12-14-27)15-18-7-4-6-17-5-2-3-8-20(17)18/h2-8,19H,9-16H2,1H3,(H,25,31). The molecule has 1 N–H and O–H groups in total. The molecule has 5 rings (SSSR count). The van der Waals surface area contributed by atoms with Crippen LogP contribution in [0.15, 0.2) is 42.5 Å². The highest BCUT2D eigenvalue weighted by Crippen LogP contribution is 2.42. The number of hydrogen-bond acceptors (Lipinski definition) is 4. The lowest BCUT2D eigenvalue weighted by atomic mass is 9.96. The van der Waals surface area contributed by atoms with Gasteiger partial charge in [-0.25, -0.2) is 4.79 Å². The molecule has 1 aliphatic carbocycles. The van der Waals surface area contributed by atoms with Crippen molar-refractivity contribution in [2.75, 3.05) is 32.7 Å². The number of benzene rings is 2. The summed E-state index contributed by atoms with van der Waals surface area (Å²) < 4.78 is 0. The van der Waals surface area contributed by atoms with E-state index in [0.717, 1.165) is 37.4 Å². The highest BCUT2D eigenvalue weighted by molar-refractivity contribution is 6.09. The van der Waals surface area contributed by atoms with Crippen LogP contribution in [0, 0.1) is 5.92 Å². The maximum atomic E-state index is 12.8. The van der Waals surface area contributed by atoms with Crippen LogP contribution >= 0.6 is 0 Å². The van der Waals surface area contributed by atoms with Crippen LogP contribution in [0.5, 0.6) is 0 Å². The van der Waals surface area contributed by atoms with Crippen LogP contribution in [0.4, 0.5) is 4.79 Å². The molecule has 0 bridgehead atoms. The zero-order valence-corrected chi connectivity index (χ0v) is 17.8. The summed E-state index contributed by atoms with van der Waals surface area (Å²) in [6, 6.07) is 14.3. The minimum Gasteiger partial charge on any atom is -0.339 e. The minimum atomic E-state index is -0.839.